The highest BCUT2D eigenvalue weighted by Gasteiger charge is 2.29. The first kappa shape index (κ1) is 19.1. The molecular formula is C19H29N5O. The van der Waals surface area contributed by atoms with Crippen molar-refractivity contribution in [3.05, 3.63) is 47.8 Å². The number of nitrogens with zero attached hydrogens (tertiary/aromatic N) is 3. The molecule has 2 rings (SSSR count). The first-order chi connectivity index (χ1) is 11.8. The minimum Gasteiger partial charge on any atom is -0.329 e. The number of nitrogens with one attached hydrogen (secondary N) is 1. The summed E-state index contributed by atoms with van der Waals surface area (Å²) in [5.74, 6) is 0.493. The number of hydrazine groups is 1. The lowest BCUT2D eigenvalue weighted by molar-refractivity contribution is -0.123. The highest BCUT2D eigenvalue weighted by molar-refractivity contribution is 5.99. The number of carbonyl (C=O) groups excluding carboxylic acids is 1. The summed E-state index contributed by atoms with van der Waals surface area (Å²) in [6.45, 7) is 11.8. The summed E-state index contributed by atoms with van der Waals surface area (Å²) in [5.41, 5.74) is 12.0. The van der Waals surface area contributed by atoms with Gasteiger partial charge in [0.1, 0.15) is 0 Å². The minimum atomic E-state index is -0.158. The van der Waals surface area contributed by atoms with E-state index in [2.05, 4.69) is 31.0 Å². The average molecular weight is 343 g/mol. The van der Waals surface area contributed by atoms with Crippen molar-refractivity contribution in [1.82, 2.24) is 20.2 Å². The van der Waals surface area contributed by atoms with Crippen LogP contribution in [0.4, 0.5) is 0 Å². The Morgan fingerprint density at radius 3 is 2.88 bits per heavy atom. The largest absolute Gasteiger partial charge is 0.329 e. The molecule has 25 heavy (non-hydrogen) atoms. The van der Waals surface area contributed by atoms with Crippen LogP contribution < -0.4 is 11.2 Å². The van der Waals surface area contributed by atoms with Crippen LogP contribution in [0.2, 0.25) is 0 Å². The summed E-state index contributed by atoms with van der Waals surface area (Å²) >= 11 is 0. The molecule has 0 radical (unpaired) electrons. The number of aromatic nitrogens is 2. The second kappa shape index (κ2) is 8.27. The van der Waals surface area contributed by atoms with Crippen molar-refractivity contribution in [1.29, 1.82) is 0 Å². The Hall–Kier alpha value is -2.18. The second-order valence-corrected chi connectivity index (χ2v) is 6.93. The summed E-state index contributed by atoms with van der Waals surface area (Å²) in [6, 6.07) is -0.0866. The third-order valence-electron chi connectivity index (χ3n) is 4.49. The zero-order valence-corrected chi connectivity index (χ0v) is 15.6. The number of likely N-dealkylation sites (N-methyl/N-ethyl adjacent to an activating group) is 1. The van der Waals surface area contributed by atoms with Crippen LogP contribution in [-0.4, -0.2) is 40.3 Å². The molecule has 1 aliphatic heterocycles. The van der Waals surface area contributed by atoms with E-state index in [0.717, 1.165) is 29.7 Å². The van der Waals surface area contributed by atoms with Gasteiger partial charge in [-0.25, -0.2) is 5.01 Å². The summed E-state index contributed by atoms with van der Waals surface area (Å²) < 4.78 is 1.96. The van der Waals surface area contributed by atoms with Gasteiger partial charge in [0.15, 0.2) is 0 Å². The van der Waals surface area contributed by atoms with Gasteiger partial charge in [-0.2, -0.15) is 5.10 Å². The van der Waals surface area contributed by atoms with Crippen molar-refractivity contribution >= 4 is 11.5 Å². The third kappa shape index (κ3) is 4.67. The van der Waals surface area contributed by atoms with E-state index >= 15 is 0 Å². The van der Waals surface area contributed by atoms with Crippen LogP contribution in [0.1, 0.15) is 32.8 Å². The van der Waals surface area contributed by atoms with Crippen molar-refractivity contribution in [3.8, 4) is 0 Å². The van der Waals surface area contributed by atoms with Gasteiger partial charge < -0.3 is 5.73 Å². The van der Waals surface area contributed by atoms with Crippen LogP contribution in [0.5, 0.6) is 0 Å². The van der Waals surface area contributed by atoms with Crippen LogP contribution in [-0.2, 0) is 11.3 Å². The number of amides is 1. The lowest BCUT2D eigenvalue weighted by atomic mass is 9.96. The van der Waals surface area contributed by atoms with Crippen molar-refractivity contribution in [2.24, 2.45) is 11.7 Å². The maximum absolute atomic E-state index is 12.2. The Morgan fingerprint density at radius 2 is 2.24 bits per heavy atom. The first-order valence-electron chi connectivity index (χ1n) is 8.68. The van der Waals surface area contributed by atoms with Gasteiger partial charge in [-0.1, -0.05) is 26.5 Å². The van der Waals surface area contributed by atoms with Crippen molar-refractivity contribution in [2.45, 2.75) is 39.8 Å². The quantitative estimate of drug-likeness (QED) is 0.776. The SMILES string of the molecule is C=C1/C(=C\C=C(/C)c2cnn(CCC(C)C)c2)C(=O)NN(C)C1CN. The number of aryl methyl sites for hydroxylation is 1. The second-order valence-electron chi connectivity index (χ2n) is 6.93. The van der Waals surface area contributed by atoms with E-state index < -0.39 is 0 Å². The zero-order valence-electron chi connectivity index (χ0n) is 15.6. The molecule has 6 heteroatoms. The first-order valence-corrected chi connectivity index (χ1v) is 8.68. The van der Waals surface area contributed by atoms with Gasteiger partial charge in [-0.15, -0.1) is 0 Å². The smallest absolute Gasteiger partial charge is 0.265 e. The van der Waals surface area contributed by atoms with E-state index in [4.69, 9.17) is 5.73 Å². The van der Waals surface area contributed by atoms with E-state index in [1.807, 2.05) is 36.2 Å². The number of allylic oxidation sites excluding steroid dienone is 3. The van der Waals surface area contributed by atoms with Crippen LogP contribution in [0.15, 0.2) is 42.3 Å². The Kier molecular flexibility index (Phi) is 6.33. The maximum Gasteiger partial charge on any atom is 0.265 e. The fourth-order valence-electron chi connectivity index (χ4n) is 2.73. The maximum atomic E-state index is 12.2. The number of nitrogens with two attached hydrogens (primary N) is 1. The van der Waals surface area contributed by atoms with Gasteiger partial charge in [0.25, 0.3) is 5.91 Å². The predicted octanol–water partition coefficient (Wildman–Crippen LogP) is 2.12. The van der Waals surface area contributed by atoms with Crippen molar-refractivity contribution < 1.29 is 4.79 Å². The van der Waals surface area contributed by atoms with Gasteiger partial charge in [0.05, 0.1) is 12.2 Å². The minimum absolute atomic E-state index is 0.0866. The molecular weight excluding hydrogens is 314 g/mol. The van der Waals surface area contributed by atoms with Crippen LogP contribution in [0, 0.1) is 5.92 Å². The molecule has 2 heterocycles. The van der Waals surface area contributed by atoms with Crippen LogP contribution in [0.3, 0.4) is 0 Å². The molecule has 1 saturated heterocycles. The third-order valence-corrected chi connectivity index (χ3v) is 4.49. The van der Waals surface area contributed by atoms with Gasteiger partial charge >= 0.3 is 0 Å². The Bertz CT molecular complexity index is 698. The Balaban J connectivity index is 2.15. The number of hydrogen-bond acceptors (Lipinski definition) is 4. The molecule has 0 bridgehead atoms. The fraction of sp³-hybridized carbons (Fsp3) is 0.474. The van der Waals surface area contributed by atoms with Gasteiger partial charge in [-0.05, 0) is 36.5 Å². The van der Waals surface area contributed by atoms with Gasteiger partial charge in [0.2, 0.25) is 0 Å². The molecule has 0 aromatic carbocycles. The predicted molar refractivity (Wildman–Crippen MR) is 101 cm³/mol. The van der Waals surface area contributed by atoms with Crippen LogP contribution in [0.25, 0.3) is 5.57 Å². The van der Waals surface area contributed by atoms with Crippen LogP contribution >= 0.6 is 0 Å². The standard InChI is InChI=1S/C19H29N5O/c1-13(2)8-9-24-12-16(11-21-24)14(3)6-7-17-15(4)18(10-20)23(5)22-19(17)25/h6-7,11-13,18H,4,8-10,20H2,1-3,5H3,(H,22,25)/b14-6+,17-7+. The summed E-state index contributed by atoms with van der Waals surface area (Å²) in [7, 11) is 1.80. The molecule has 1 unspecified atom stereocenters. The molecule has 0 saturated carbocycles. The van der Waals surface area contributed by atoms with E-state index in [-0.39, 0.29) is 11.9 Å². The molecule has 1 fully saturated rings. The van der Waals surface area contributed by atoms with E-state index in [1.165, 1.54) is 0 Å². The number of carbonyl (C=O) groups is 1. The lowest BCUT2D eigenvalue weighted by Gasteiger charge is -2.34. The zero-order chi connectivity index (χ0) is 18.6. The fourth-order valence-corrected chi connectivity index (χ4v) is 2.73. The number of hydrogen-bond donors (Lipinski definition) is 2. The molecule has 6 nitrogen and oxygen atoms in total. The molecule has 0 spiro atoms. The normalized spacial score (nSPS) is 21.3. The van der Waals surface area contributed by atoms with E-state index in [1.54, 1.807) is 12.1 Å². The Morgan fingerprint density at radius 1 is 1.52 bits per heavy atom. The van der Waals surface area contributed by atoms with Gasteiger partial charge in [0, 0.05) is 37.5 Å². The molecule has 1 amide bonds. The monoisotopic (exact) mass is 343 g/mol. The van der Waals surface area contributed by atoms with Crippen molar-refractivity contribution in [3.63, 3.8) is 0 Å². The number of rotatable bonds is 6. The van der Waals surface area contributed by atoms with E-state index in [9.17, 15) is 4.79 Å². The summed E-state index contributed by atoms with van der Waals surface area (Å²) in [5, 5.41) is 6.11. The Labute approximate surface area is 150 Å². The molecule has 1 aliphatic rings. The summed E-state index contributed by atoms with van der Waals surface area (Å²) in [6.07, 6.45) is 8.74. The highest BCUT2D eigenvalue weighted by Crippen LogP contribution is 2.22. The van der Waals surface area contributed by atoms with E-state index in [0.29, 0.717) is 18.0 Å². The molecule has 1 aromatic rings. The topological polar surface area (TPSA) is 76.2 Å². The molecule has 3 N–H and O–H groups in total. The summed E-state index contributed by atoms with van der Waals surface area (Å²) in [4.78, 5) is 12.2. The molecule has 0 aliphatic carbocycles. The highest BCUT2D eigenvalue weighted by atomic mass is 16.2. The molecule has 136 valence electrons. The molecule has 1 atom stereocenters. The van der Waals surface area contributed by atoms with Gasteiger partial charge in [-0.3, -0.25) is 14.9 Å². The average Bonchev–Trinajstić information content (AvgIpc) is 3.01. The van der Waals surface area contributed by atoms with Crippen molar-refractivity contribution in [2.75, 3.05) is 13.6 Å². The molecule has 1 aromatic heterocycles. The lowest BCUT2D eigenvalue weighted by Crippen LogP contribution is -2.55.